The minimum atomic E-state index is -0.00812. The van der Waals surface area contributed by atoms with Crippen molar-refractivity contribution in [2.24, 2.45) is 0 Å². The van der Waals surface area contributed by atoms with E-state index in [1.54, 1.807) is 22.9 Å². The zero-order chi connectivity index (χ0) is 11.5. The van der Waals surface area contributed by atoms with Crippen molar-refractivity contribution in [3.05, 3.63) is 63.0 Å². The first-order chi connectivity index (χ1) is 7.66. The number of rotatable bonds is 2. The summed E-state index contributed by atoms with van der Waals surface area (Å²) in [7, 11) is 0. The average molecular weight is 279 g/mol. The lowest BCUT2D eigenvalue weighted by Crippen LogP contribution is -2.18. The molecular weight excluding hydrogens is 268 g/mol. The zero-order valence-corrected chi connectivity index (χ0v) is 10.1. The van der Waals surface area contributed by atoms with E-state index in [-0.39, 0.29) is 5.56 Å². The van der Waals surface area contributed by atoms with Gasteiger partial charge in [-0.1, -0.05) is 28.1 Å². The molecule has 1 aromatic carbocycles. The maximum atomic E-state index is 11.5. The number of anilines is 1. The van der Waals surface area contributed by atoms with Crippen molar-refractivity contribution < 1.29 is 0 Å². The Hall–Kier alpha value is -1.55. The summed E-state index contributed by atoms with van der Waals surface area (Å²) >= 11 is 3.43. The Kier molecular flexibility index (Phi) is 3.10. The summed E-state index contributed by atoms with van der Waals surface area (Å²) in [6.07, 6.45) is 1.77. The summed E-state index contributed by atoms with van der Waals surface area (Å²) in [5.41, 5.74) is 7.38. The monoisotopic (exact) mass is 278 g/mol. The van der Waals surface area contributed by atoms with Gasteiger partial charge in [0, 0.05) is 22.4 Å². The van der Waals surface area contributed by atoms with E-state index in [2.05, 4.69) is 15.9 Å². The molecule has 0 bridgehead atoms. The fourth-order valence-electron chi connectivity index (χ4n) is 1.47. The smallest absolute Gasteiger partial charge is 0.250 e. The molecule has 16 heavy (non-hydrogen) atoms. The highest BCUT2D eigenvalue weighted by atomic mass is 79.9. The molecule has 0 amide bonds. The van der Waals surface area contributed by atoms with Crippen LogP contribution >= 0.6 is 15.9 Å². The summed E-state index contributed by atoms with van der Waals surface area (Å²) in [6.45, 7) is 0.542. The summed E-state index contributed by atoms with van der Waals surface area (Å²) in [6, 6.07) is 10.7. The van der Waals surface area contributed by atoms with Gasteiger partial charge < -0.3 is 10.3 Å². The van der Waals surface area contributed by atoms with Crippen LogP contribution in [0.2, 0.25) is 0 Å². The van der Waals surface area contributed by atoms with Gasteiger partial charge in [0.1, 0.15) is 0 Å². The van der Waals surface area contributed by atoms with Crippen LogP contribution in [0, 0.1) is 0 Å². The summed E-state index contributed by atoms with van der Waals surface area (Å²) in [5, 5.41) is 0. The second-order valence-electron chi connectivity index (χ2n) is 3.52. The number of aromatic nitrogens is 1. The molecule has 0 aliphatic heterocycles. The number of halogens is 1. The highest BCUT2D eigenvalue weighted by Gasteiger charge is 2.02. The third-order valence-corrected chi connectivity index (χ3v) is 3.06. The highest BCUT2D eigenvalue weighted by Crippen LogP contribution is 2.20. The van der Waals surface area contributed by atoms with Crippen LogP contribution in [0.1, 0.15) is 5.56 Å². The van der Waals surface area contributed by atoms with E-state index in [9.17, 15) is 4.79 Å². The number of hydrogen-bond acceptors (Lipinski definition) is 2. The Morgan fingerprint density at radius 3 is 2.75 bits per heavy atom. The van der Waals surface area contributed by atoms with Crippen LogP contribution in [0.5, 0.6) is 0 Å². The first-order valence-electron chi connectivity index (χ1n) is 4.86. The van der Waals surface area contributed by atoms with Crippen molar-refractivity contribution in [3.8, 4) is 0 Å². The van der Waals surface area contributed by atoms with Gasteiger partial charge in [0.25, 0.3) is 5.56 Å². The Morgan fingerprint density at radius 2 is 2.06 bits per heavy atom. The van der Waals surface area contributed by atoms with E-state index in [0.717, 1.165) is 10.0 Å². The fraction of sp³-hybridized carbons (Fsp3) is 0.0833. The Labute approximate surface area is 102 Å². The molecule has 0 spiro atoms. The van der Waals surface area contributed by atoms with E-state index in [1.165, 1.54) is 0 Å². The zero-order valence-electron chi connectivity index (χ0n) is 8.56. The molecule has 0 aliphatic rings. The van der Waals surface area contributed by atoms with Crippen molar-refractivity contribution >= 4 is 21.6 Å². The van der Waals surface area contributed by atoms with E-state index >= 15 is 0 Å². The Balaban J connectivity index is 2.35. The minimum absolute atomic E-state index is 0.00812. The molecule has 82 valence electrons. The molecule has 0 unspecified atom stereocenters. The predicted octanol–water partition coefficient (Wildman–Crippen LogP) is 2.24. The van der Waals surface area contributed by atoms with Gasteiger partial charge in [-0.25, -0.2) is 0 Å². The van der Waals surface area contributed by atoms with Crippen LogP contribution < -0.4 is 11.3 Å². The minimum Gasteiger partial charge on any atom is -0.399 e. The van der Waals surface area contributed by atoms with E-state index in [4.69, 9.17) is 5.73 Å². The van der Waals surface area contributed by atoms with Crippen LogP contribution in [0.15, 0.2) is 51.9 Å². The lowest BCUT2D eigenvalue weighted by atomic mass is 10.2. The number of pyridine rings is 1. The standard InChI is InChI=1S/C12H11BrN2O/c13-11-7-10(14)5-4-9(11)8-15-6-2-1-3-12(15)16/h1-7H,8,14H2. The van der Waals surface area contributed by atoms with Crippen molar-refractivity contribution in [1.82, 2.24) is 4.57 Å². The van der Waals surface area contributed by atoms with Crippen LogP contribution in [0.25, 0.3) is 0 Å². The van der Waals surface area contributed by atoms with Gasteiger partial charge in [-0.15, -0.1) is 0 Å². The second-order valence-corrected chi connectivity index (χ2v) is 4.37. The van der Waals surface area contributed by atoms with Gasteiger partial charge in [0.15, 0.2) is 0 Å². The topological polar surface area (TPSA) is 48.0 Å². The number of nitrogens with zero attached hydrogens (tertiary/aromatic N) is 1. The third kappa shape index (κ3) is 2.33. The van der Waals surface area contributed by atoms with Crippen molar-refractivity contribution in [1.29, 1.82) is 0 Å². The SMILES string of the molecule is Nc1ccc(Cn2ccccc2=O)c(Br)c1. The van der Waals surface area contributed by atoms with Crippen LogP contribution in [-0.4, -0.2) is 4.57 Å². The van der Waals surface area contributed by atoms with Gasteiger partial charge in [-0.3, -0.25) is 4.79 Å². The second kappa shape index (κ2) is 4.53. The largest absolute Gasteiger partial charge is 0.399 e. The average Bonchev–Trinajstić information content (AvgIpc) is 2.25. The Bertz CT molecular complexity index is 563. The molecule has 1 aromatic heterocycles. The van der Waals surface area contributed by atoms with Gasteiger partial charge >= 0.3 is 0 Å². The van der Waals surface area contributed by atoms with Gasteiger partial charge in [0.05, 0.1) is 6.54 Å². The molecule has 0 atom stereocenters. The molecule has 3 nitrogen and oxygen atoms in total. The lowest BCUT2D eigenvalue weighted by molar-refractivity contribution is 0.757. The number of benzene rings is 1. The molecule has 1 heterocycles. The van der Waals surface area contributed by atoms with Crippen LogP contribution in [0.3, 0.4) is 0 Å². The first kappa shape index (κ1) is 11.0. The number of nitrogens with two attached hydrogens (primary N) is 1. The van der Waals surface area contributed by atoms with Crippen molar-refractivity contribution in [3.63, 3.8) is 0 Å². The summed E-state index contributed by atoms with van der Waals surface area (Å²) in [5.74, 6) is 0. The molecule has 0 saturated carbocycles. The molecule has 0 aliphatic carbocycles. The molecule has 2 rings (SSSR count). The Morgan fingerprint density at radius 1 is 1.25 bits per heavy atom. The third-order valence-electron chi connectivity index (χ3n) is 2.32. The van der Waals surface area contributed by atoms with E-state index in [1.807, 2.05) is 24.3 Å². The van der Waals surface area contributed by atoms with Crippen molar-refractivity contribution in [2.75, 3.05) is 5.73 Å². The van der Waals surface area contributed by atoms with Crippen LogP contribution in [0.4, 0.5) is 5.69 Å². The van der Waals surface area contributed by atoms with Gasteiger partial charge in [-0.05, 0) is 23.8 Å². The summed E-state index contributed by atoms with van der Waals surface area (Å²) < 4.78 is 2.57. The van der Waals surface area contributed by atoms with E-state index in [0.29, 0.717) is 12.2 Å². The molecule has 0 saturated heterocycles. The number of nitrogen functional groups attached to an aromatic ring is 1. The first-order valence-corrected chi connectivity index (χ1v) is 5.65. The molecule has 2 N–H and O–H groups in total. The normalized spacial score (nSPS) is 10.3. The predicted molar refractivity (Wildman–Crippen MR) is 68.4 cm³/mol. The number of hydrogen-bond donors (Lipinski definition) is 1. The highest BCUT2D eigenvalue weighted by molar-refractivity contribution is 9.10. The maximum Gasteiger partial charge on any atom is 0.250 e. The molecular formula is C12H11BrN2O. The van der Waals surface area contributed by atoms with Gasteiger partial charge in [0.2, 0.25) is 0 Å². The maximum absolute atomic E-state index is 11.5. The molecule has 0 radical (unpaired) electrons. The molecule has 2 aromatic rings. The summed E-state index contributed by atoms with van der Waals surface area (Å²) in [4.78, 5) is 11.5. The quantitative estimate of drug-likeness (QED) is 0.857. The fourth-order valence-corrected chi connectivity index (χ4v) is 1.99. The molecule has 4 heteroatoms. The lowest BCUT2D eigenvalue weighted by Gasteiger charge is -2.07. The van der Waals surface area contributed by atoms with Crippen molar-refractivity contribution in [2.45, 2.75) is 6.54 Å². The van der Waals surface area contributed by atoms with E-state index < -0.39 is 0 Å². The van der Waals surface area contributed by atoms with Gasteiger partial charge in [-0.2, -0.15) is 0 Å². The molecule has 0 fully saturated rings. The van der Waals surface area contributed by atoms with Crippen LogP contribution in [-0.2, 0) is 6.54 Å².